The Morgan fingerprint density at radius 2 is 2.04 bits per heavy atom. The van der Waals surface area contributed by atoms with Crippen LogP contribution in [-0.4, -0.2) is 81.9 Å². The van der Waals surface area contributed by atoms with Gasteiger partial charge >= 0.3 is 0 Å². The second-order valence-corrected chi connectivity index (χ2v) is 9.70. The molecule has 25 heavy (non-hydrogen) atoms. The number of aliphatic imine (C=N–C) groups is 1. The molecule has 1 saturated carbocycles. The van der Waals surface area contributed by atoms with Gasteiger partial charge in [-0.2, -0.15) is 11.8 Å². The van der Waals surface area contributed by atoms with E-state index in [9.17, 15) is 8.42 Å². The molecule has 0 atom stereocenters. The fraction of sp³-hybridized carbons (Fsp3) is 0.938. The van der Waals surface area contributed by atoms with Gasteiger partial charge in [-0.05, 0) is 32.1 Å². The summed E-state index contributed by atoms with van der Waals surface area (Å²) in [7, 11) is -3.17. The Bertz CT molecular complexity index is 504. The van der Waals surface area contributed by atoms with E-state index in [-0.39, 0.29) is 5.75 Å². The smallest absolute Gasteiger partial charge is 0.215 e. The summed E-state index contributed by atoms with van der Waals surface area (Å²) in [5.74, 6) is 3.35. The summed E-state index contributed by atoms with van der Waals surface area (Å²) in [6.45, 7) is 6.67. The third-order valence-corrected chi connectivity index (χ3v) is 6.94. The molecule has 2 aliphatic rings. The molecule has 0 radical (unpaired) electrons. The van der Waals surface area contributed by atoms with Crippen LogP contribution in [0.1, 0.15) is 26.2 Å². The van der Waals surface area contributed by atoms with Gasteiger partial charge in [-0.25, -0.2) is 12.7 Å². The van der Waals surface area contributed by atoms with Crippen molar-refractivity contribution in [1.29, 1.82) is 0 Å². The molecule has 2 fully saturated rings. The molecule has 0 unspecified atom stereocenters. The first kappa shape index (κ1) is 20.8. The minimum atomic E-state index is -3.17. The van der Waals surface area contributed by atoms with Crippen LogP contribution in [0.2, 0.25) is 0 Å². The zero-order valence-electron chi connectivity index (χ0n) is 15.2. The number of rotatable bonds is 11. The lowest BCUT2D eigenvalue weighted by Crippen LogP contribution is -2.44. The summed E-state index contributed by atoms with van der Waals surface area (Å²) >= 11 is 1.81. The Labute approximate surface area is 156 Å². The lowest BCUT2D eigenvalue weighted by Gasteiger charge is -2.25. The Hall–Kier alpha value is -0.510. The third kappa shape index (κ3) is 8.61. The first-order valence-corrected chi connectivity index (χ1v) is 12.0. The molecule has 0 bridgehead atoms. The van der Waals surface area contributed by atoms with Gasteiger partial charge in [0.05, 0.1) is 5.75 Å². The minimum absolute atomic E-state index is 0.104. The number of hydrogen-bond donors (Lipinski definition) is 2. The SMILES string of the molecule is CCNC(=NCCCOCC1CC1)NCCS(=O)(=O)N1CCSCC1. The average Bonchev–Trinajstić information content (AvgIpc) is 3.43. The maximum atomic E-state index is 12.3. The minimum Gasteiger partial charge on any atom is -0.381 e. The van der Waals surface area contributed by atoms with E-state index in [1.54, 1.807) is 4.31 Å². The van der Waals surface area contributed by atoms with E-state index in [1.165, 1.54) is 12.8 Å². The molecular weight excluding hydrogens is 360 g/mol. The van der Waals surface area contributed by atoms with Crippen molar-refractivity contribution >= 4 is 27.7 Å². The molecule has 1 heterocycles. The van der Waals surface area contributed by atoms with Gasteiger partial charge in [-0.15, -0.1) is 0 Å². The van der Waals surface area contributed by atoms with E-state index in [4.69, 9.17) is 4.74 Å². The summed E-state index contributed by atoms with van der Waals surface area (Å²) in [6, 6.07) is 0. The van der Waals surface area contributed by atoms with Gasteiger partial charge in [-0.3, -0.25) is 4.99 Å². The monoisotopic (exact) mass is 392 g/mol. The van der Waals surface area contributed by atoms with Crippen LogP contribution in [0.15, 0.2) is 4.99 Å². The number of nitrogens with zero attached hydrogens (tertiary/aromatic N) is 2. The molecule has 1 aliphatic carbocycles. The topological polar surface area (TPSA) is 83.0 Å². The zero-order valence-corrected chi connectivity index (χ0v) is 16.8. The quantitative estimate of drug-likeness (QED) is 0.307. The predicted octanol–water partition coefficient (Wildman–Crippen LogP) is 0.737. The van der Waals surface area contributed by atoms with Gasteiger partial charge in [0, 0.05) is 57.4 Å². The van der Waals surface area contributed by atoms with Gasteiger partial charge in [0.15, 0.2) is 5.96 Å². The molecule has 2 rings (SSSR count). The molecule has 0 spiro atoms. The number of hydrogen-bond acceptors (Lipinski definition) is 5. The Morgan fingerprint density at radius 3 is 2.72 bits per heavy atom. The first-order valence-electron chi connectivity index (χ1n) is 9.27. The summed E-state index contributed by atoms with van der Waals surface area (Å²) in [6.07, 6.45) is 3.50. The van der Waals surface area contributed by atoms with Crippen LogP contribution in [0.4, 0.5) is 0 Å². The van der Waals surface area contributed by atoms with Crippen molar-refractivity contribution in [3.8, 4) is 0 Å². The molecular formula is C16H32N4O3S2. The Morgan fingerprint density at radius 1 is 1.28 bits per heavy atom. The normalized spacial score (nSPS) is 19.8. The van der Waals surface area contributed by atoms with E-state index in [0.717, 1.165) is 43.6 Å². The second kappa shape index (κ2) is 11.3. The Balaban J connectivity index is 1.63. The molecule has 146 valence electrons. The largest absolute Gasteiger partial charge is 0.381 e. The van der Waals surface area contributed by atoms with Crippen molar-refractivity contribution in [2.75, 3.05) is 63.2 Å². The van der Waals surface area contributed by atoms with E-state index < -0.39 is 10.0 Å². The highest BCUT2D eigenvalue weighted by molar-refractivity contribution is 7.99. The summed E-state index contributed by atoms with van der Waals surface area (Å²) in [5, 5.41) is 6.28. The van der Waals surface area contributed by atoms with Crippen LogP contribution in [0, 0.1) is 5.92 Å². The molecule has 1 aliphatic heterocycles. The van der Waals surface area contributed by atoms with Crippen molar-refractivity contribution in [2.24, 2.45) is 10.9 Å². The molecule has 7 nitrogen and oxygen atoms in total. The molecule has 2 N–H and O–H groups in total. The highest BCUT2D eigenvalue weighted by atomic mass is 32.2. The van der Waals surface area contributed by atoms with Crippen LogP contribution in [0.5, 0.6) is 0 Å². The lowest BCUT2D eigenvalue weighted by atomic mass is 10.4. The first-order chi connectivity index (χ1) is 12.1. The average molecular weight is 393 g/mol. The zero-order chi connectivity index (χ0) is 18.0. The molecule has 0 aromatic rings. The molecule has 0 aromatic carbocycles. The lowest BCUT2D eigenvalue weighted by molar-refractivity contribution is 0.123. The van der Waals surface area contributed by atoms with Gasteiger partial charge in [0.1, 0.15) is 0 Å². The third-order valence-electron chi connectivity index (χ3n) is 4.13. The number of sulfonamides is 1. The van der Waals surface area contributed by atoms with Crippen molar-refractivity contribution in [1.82, 2.24) is 14.9 Å². The molecule has 0 aromatic heterocycles. The van der Waals surface area contributed by atoms with Gasteiger partial charge in [0.2, 0.25) is 10.0 Å². The van der Waals surface area contributed by atoms with Crippen molar-refractivity contribution in [3.63, 3.8) is 0 Å². The second-order valence-electron chi connectivity index (χ2n) is 6.39. The van der Waals surface area contributed by atoms with Crippen molar-refractivity contribution in [2.45, 2.75) is 26.2 Å². The standard InChI is InChI=1S/C16H32N4O3S2/c1-2-17-16(18-6-3-10-23-14-15-4-5-15)19-7-13-25(21,22)20-8-11-24-12-9-20/h15H,2-14H2,1H3,(H2,17,18,19). The van der Waals surface area contributed by atoms with Gasteiger partial charge in [0.25, 0.3) is 0 Å². The number of guanidine groups is 1. The highest BCUT2D eigenvalue weighted by Crippen LogP contribution is 2.28. The van der Waals surface area contributed by atoms with Crippen molar-refractivity contribution < 1.29 is 13.2 Å². The van der Waals surface area contributed by atoms with Crippen LogP contribution in [0.25, 0.3) is 0 Å². The number of thioether (sulfide) groups is 1. The fourth-order valence-electron chi connectivity index (χ4n) is 2.49. The van der Waals surface area contributed by atoms with E-state index >= 15 is 0 Å². The molecule has 1 saturated heterocycles. The van der Waals surface area contributed by atoms with E-state index in [1.807, 2.05) is 18.7 Å². The van der Waals surface area contributed by atoms with Crippen LogP contribution >= 0.6 is 11.8 Å². The molecule has 0 amide bonds. The maximum Gasteiger partial charge on any atom is 0.215 e. The molecule has 9 heteroatoms. The maximum absolute atomic E-state index is 12.3. The van der Waals surface area contributed by atoms with Crippen LogP contribution in [-0.2, 0) is 14.8 Å². The van der Waals surface area contributed by atoms with Gasteiger partial charge < -0.3 is 15.4 Å². The van der Waals surface area contributed by atoms with E-state index in [2.05, 4.69) is 15.6 Å². The van der Waals surface area contributed by atoms with Crippen LogP contribution < -0.4 is 10.6 Å². The summed E-state index contributed by atoms with van der Waals surface area (Å²) in [4.78, 5) is 4.48. The number of ether oxygens (including phenoxy) is 1. The van der Waals surface area contributed by atoms with E-state index in [0.29, 0.717) is 32.1 Å². The Kier molecular flexibility index (Phi) is 9.36. The summed E-state index contributed by atoms with van der Waals surface area (Å²) in [5.41, 5.74) is 0. The van der Waals surface area contributed by atoms with Crippen molar-refractivity contribution in [3.05, 3.63) is 0 Å². The predicted molar refractivity (Wildman–Crippen MR) is 105 cm³/mol. The van der Waals surface area contributed by atoms with Crippen LogP contribution in [0.3, 0.4) is 0 Å². The summed E-state index contributed by atoms with van der Waals surface area (Å²) < 4.78 is 31.8. The highest BCUT2D eigenvalue weighted by Gasteiger charge is 2.23. The number of nitrogens with one attached hydrogen (secondary N) is 2. The fourth-order valence-corrected chi connectivity index (χ4v) is 4.98. The van der Waals surface area contributed by atoms with Gasteiger partial charge in [-0.1, -0.05) is 0 Å².